The Balaban J connectivity index is 1.57. The summed E-state index contributed by atoms with van der Waals surface area (Å²) in [6.07, 6.45) is 2.88. The molecule has 0 saturated carbocycles. The first-order chi connectivity index (χ1) is 14.0. The number of aromatic nitrogens is 5. The minimum Gasteiger partial charge on any atom is -0.490 e. The third-order valence-corrected chi connectivity index (χ3v) is 5.09. The molecule has 0 aromatic carbocycles. The summed E-state index contributed by atoms with van der Waals surface area (Å²) in [5.41, 5.74) is 0.144. The molecule has 0 aliphatic heterocycles. The number of hydrogen-bond acceptors (Lipinski definition) is 8. The summed E-state index contributed by atoms with van der Waals surface area (Å²) in [5.74, 6) is 0.274. The first kappa shape index (κ1) is 18.5. The van der Waals surface area contributed by atoms with Crippen LogP contribution in [0.15, 0.2) is 46.2 Å². The number of nitrogens with zero attached hydrogens (tertiary/aromatic N) is 3. The highest BCUT2D eigenvalue weighted by Gasteiger charge is 2.15. The smallest absolute Gasteiger partial charge is 0.293 e. The normalized spacial score (nSPS) is 10.8. The van der Waals surface area contributed by atoms with Gasteiger partial charge in [-0.05, 0) is 18.2 Å². The lowest BCUT2D eigenvalue weighted by Gasteiger charge is -2.04. The third-order valence-electron chi connectivity index (χ3n) is 3.97. The molecule has 4 aromatic rings. The zero-order valence-electron chi connectivity index (χ0n) is 15.1. The number of rotatable bonds is 5. The Hall–Kier alpha value is -3.86. The van der Waals surface area contributed by atoms with E-state index < -0.39 is 11.5 Å². The average Bonchev–Trinajstić information content (AvgIpc) is 3.18. The Bertz CT molecular complexity index is 1310. The maximum absolute atomic E-state index is 12.5. The Morgan fingerprint density at radius 2 is 2.07 bits per heavy atom. The van der Waals surface area contributed by atoms with Gasteiger partial charge in [0.05, 0.1) is 30.2 Å². The van der Waals surface area contributed by atoms with Gasteiger partial charge in [-0.25, -0.2) is 9.97 Å². The molecule has 0 saturated heterocycles. The van der Waals surface area contributed by atoms with E-state index in [1.165, 1.54) is 13.3 Å². The first-order valence-corrected chi connectivity index (χ1v) is 9.22. The van der Waals surface area contributed by atoms with Crippen LogP contribution in [0.2, 0.25) is 0 Å². The molecule has 1 amide bonds. The molecule has 146 valence electrons. The van der Waals surface area contributed by atoms with Crippen LogP contribution in [0.25, 0.3) is 21.7 Å². The van der Waals surface area contributed by atoms with Gasteiger partial charge in [0.1, 0.15) is 16.2 Å². The topological polar surface area (TPSA) is 143 Å². The van der Waals surface area contributed by atoms with Gasteiger partial charge in [-0.2, -0.15) is 0 Å². The monoisotopic (exact) mass is 410 g/mol. The van der Waals surface area contributed by atoms with Gasteiger partial charge in [0, 0.05) is 6.20 Å². The Labute approximate surface area is 166 Å². The van der Waals surface area contributed by atoms with Crippen molar-refractivity contribution in [3.8, 4) is 17.3 Å². The molecule has 0 spiro atoms. The van der Waals surface area contributed by atoms with E-state index in [9.17, 15) is 14.4 Å². The number of methoxy groups -OCH3 is 1. The van der Waals surface area contributed by atoms with Crippen LogP contribution >= 0.6 is 11.3 Å². The van der Waals surface area contributed by atoms with Gasteiger partial charge in [0.2, 0.25) is 5.75 Å². The van der Waals surface area contributed by atoms with E-state index in [2.05, 4.69) is 30.2 Å². The van der Waals surface area contributed by atoms with Crippen molar-refractivity contribution in [2.24, 2.45) is 0 Å². The average molecular weight is 410 g/mol. The molecule has 4 heterocycles. The minimum absolute atomic E-state index is 0.00921. The summed E-state index contributed by atoms with van der Waals surface area (Å²) in [6, 6.07) is 6.82. The van der Waals surface area contributed by atoms with Gasteiger partial charge in [-0.15, -0.1) is 11.3 Å². The van der Waals surface area contributed by atoms with Crippen LogP contribution < -0.4 is 21.2 Å². The molecule has 10 nitrogen and oxygen atoms in total. The molecule has 0 fully saturated rings. The second kappa shape index (κ2) is 7.64. The zero-order chi connectivity index (χ0) is 20.4. The van der Waals surface area contributed by atoms with Crippen LogP contribution in [0.3, 0.4) is 0 Å². The summed E-state index contributed by atoms with van der Waals surface area (Å²) in [7, 11) is 1.37. The van der Waals surface area contributed by atoms with Crippen LogP contribution in [0.5, 0.6) is 5.75 Å². The fraction of sp³-hybridized carbons (Fsp3) is 0.111. The molecule has 0 unspecified atom stereocenters. The number of thiophene rings is 1. The zero-order valence-corrected chi connectivity index (χ0v) is 15.9. The van der Waals surface area contributed by atoms with Crippen LogP contribution in [0.4, 0.5) is 0 Å². The second-order valence-corrected chi connectivity index (χ2v) is 6.92. The van der Waals surface area contributed by atoms with Crippen molar-refractivity contribution in [1.29, 1.82) is 0 Å². The number of aromatic amines is 2. The molecule has 0 radical (unpaired) electrons. The van der Waals surface area contributed by atoms with Gasteiger partial charge in [-0.1, -0.05) is 6.07 Å². The predicted molar refractivity (Wildman–Crippen MR) is 106 cm³/mol. The Morgan fingerprint density at radius 1 is 1.21 bits per heavy atom. The van der Waals surface area contributed by atoms with Crippen LogP contribution in [-0.4, -0.2) is 37.9 Å². The SMILES string of the molecule is COc1cnc(CNC(=O)c2cc3nc(-c4ccccn4)[nH]c(=O)c3s2)[nH]c1=O. The summed E-state index contributed by atoms with van der Waals surface area (Å²) >= 11 is 1.03. The Kier molecular flexibility index (Phi) is 4.87. The van der Waals surface area contributed by atoms with Crippen molar-refractivity contribution in [2.45, 2.75) is 6.54 Å². The van der Waals surface area contributed by atoms with Crippen LogP contribution in [0.1, 0.15) is 15.5 Å². The maximum atomic E-state index is 12.5. The molecule has 0 atom stereocenters. The fourth-order valence-corrected chi connectivity index (χ4v) is 3.49. The summed E-state index contributed by atoms with van der Waals surface area (Å²) in [5, 5.41) is 2.65. The minimum atomic E-state index is -0.439. The molecule has 0 aliphatic rings. The van der Waals surface area contributed by atoms with E-state index in [0.29, 0.717) is 26.6 Å². The van der Waals surface area contributed by atoms with Crippen molar-refractivity contribution in [3.05, 3.63) is 68.1 Å². The van der Waals surface area contributed by atoms with E-state index in [-0.39, 0.29) is 23.7 Å². The van der Waals surface area contributed by atoms with E-state index in [0.717, 1.165) is 11.3 Å². The van der Waals surface area contributed by atoms with E-state index in [4.69, 9.17) is 4.74 Å². The molecule has 4 aromatic heterocycles. The number of fused-ring (bicyclic) bond motifs is 1. The predicted octanol–water partition coefficient (Wildman–Crippen LogP) is 1.07. The molecular weight excluding hydrogens is 396 g/mol. The fourth-order valence-electron chi connectivity index (χ4n) is 2.58. The van der Waals surface area contributed by atoms with Crippen LogP contribution in [0, 0.1) is 0 Å². The number of carbonyl (C=O) groups is 1. The van der Waals surface area contributed by atoms with Crippen molar-refractivity contribution < 1.29 is 9.53 Å². The van der Waals surface area contributed by atoms with Crippen LogP contribution in [-0.2, 0) is 6.54 Å². The number of pyridine rings is 1. The van der Waals surface area contributed by atoms with Crippen molar-refractivity contribution >= 4 is 27.5 Å². The lowest BCUT2D eigenvalue weighted by Crippen LogP contribution is -2.25. The first-order valence-electron chi connectivity index (χ1n) is 8.41. The van der Waals surface area contributed by atoms with Gasteiger partial charge in [0.25, 0.3) is 17.0 Å². The molecule has 29 heavy (non-hydrogen) atoms. The Morgan fingerprint density at radius 3 is 2.79 bits per heavy atom. The second-order valence-electron chi connectivity index (χ2n) is 5.86. The van der Waals surface area contributed by atoms with Gasteiger partial charge in [-0.3, -0.25) is 19.4 Å². The molecule has 0 bridgehead atoms. The highest BCUT2D eigenvalue weighted by molar-refractivity contribution is 7.20. The molecule has 4 rings (SSSR count). The summed E-state index contributed by atoms with van der Waals surface area (Å²) in [6.45, 7) is 0.00921. The van der Waals surface area contributed by atoms with Gasteiger partial charge in [0.15, 0.2) is 5.82 Å². The standard InChI is InChI=1S/C18H14N6O4S/c1-28-11-7-20-13(23-16(11)25)8-21-17(26)12-6-10-14(29-12)18(27)24-15(22-10)9-4-2-3-5-19-9/h2-7H,8H2,1H3,(H,21,26)(H,20,23,25)(H,22,24,27). The molecule has 11 heteroatoms. The van der Waals surface area contributed by atoms with E-state index in [1.54, 1.807) is 30.5 Å². The van der Waals surface area contributed by atoms with Crippen molar-refractivity contribution in [2.75, 3.05) is 7.11 Å². The summed E-state index contributed by atoms with van der Waals surface area (Å²) in [4.78, 5) is 54.6. The number of nitrogens with one attached hydrogen (secondary N) is 3. The number of hydrogen-bond donors (Lipinski definition) is 3. The largest absolute Gasteiger partial charge is 0.490 e. The molecule has 3 N–H and O–H groups in total. The van der Waals surface area contributed by atoms with Gasteiger partial charge < -0.3 is 20.0 Å². The lowest BCUT2D eigenvalue weighted by molar-refractivity contribution is 0.0954. The number of ether oxygens (including phenoxy) is 1. The van der Waals surface area contributed by atoms with Crippen molar-refractivity contribution in [3.63, 3.8) is 0 Å². The third kappa shape index (κ3) is 3.75. The van der Waals surface area contributed by atoms with E-state index in [1.807, 2.05) is 0 Å². The van der Waals surface area contributed by atoms with E-state index >= 15 is 0 Å². The number of amides is 1. The van der Waals surface area contributed by atoms with Gasteiger partial charge >= 0.3 is 0 Å². The molecule has 0 aliphatic carbocycles. The highest BCUT2D eigenvalue weighted by atomic mass is 32.1. The molecular formula is C18H14N6O4S. The highest BCUT2D eigenvalue weighted by Crippen LogP contribution is 2.22. The van der Waals surface area contributed by atoms with Crippen molar-refractivity contribution in [1.82, 2.24) is 30.2 Å². The number of carbonyl (C=O) groups excluding carboxylic acids is 1. The quantitative estimate of drug-likeness (QED) is 0.446. The maximum Gasteiger partial charge on any atom is 0.293 e. The number of H-pyrrole nitrogens is 2. The lowest BCUT2D eigenvalue weighted by atomic mass is 10.3. The summed E-state index contributed by atoms with van der Waals surface area (Å²) < 4.78 is 5.18.